The molecule has 154 valence electrons. The van der Waals surface area contributed by atoms with E-state index in [1.807, 2.05) is 36.4 Å². The van der Waals surface area contributed by atoms with Crippen LogP contribution in [0.15, 0.2) is 60.7 Å². The van der Waals surface area contributed by atoms with Crippen molar-refractivity contribution in [3.8, 4) is 22.6 Å². The standard InChI is InChI=1S/C26H30O2Si2/c1-29(2,3)21-15-17-11-7-9-13-19(17)23(25(21)27)24-20-14-10-8-12-18(20)16-22(26(24)28)30(4,5)6/h7-16,27-28H,1-6H3. The number of fused-ring (bicyclic) bond motifs is 2. The number of rotatable bonds is 3. The van der Waals surface area contributed by atoms with Crippen molar-refractivity contribution in [2.24, 2.45) is 0 Å². The van der Waals surface area contributed by atoms with Crippen LogP contribution >= 0.6 is 0 Å². The highest BCUT2D eigenvalue weighted by Crippen LogP contribution is 2.44. The molecule has 4 aromatic rings. The Bertz CT molecular complexity index is 1180. The van der Waals surface area contributed by atoms with Gasteiger partial charge in [0.15, 0.2) is 0 Å². The second kappa shape index (κ2) is 7.00. The second-order valence-electron chi connectivity index (χ2n) is 10.2. The van der Waals surface area contributed by atoms with Crippen LogP contribution in [0.3, 0.4) is 0 Å². The summed E-state index contributed by atoms with van der Waals surface area (Å²) in [5.41, 5.74) is 1.53. The van der Waals surface area contributed by atoms with E-state index in [0.29, 0.717) is 11.5 Å². The molecule has 0 unspecified atom stereocenters. The van der Waals surface area contributed by atoms with Gasteiger partial charge in [0.2, 0.25) is 0 Å². The predicted molar refractivity (Wildman–Crippen MR) is 136 cm³/mol. The van der Waals surface area contributed by atoms with Gasteiger partial charge >= 0.3 is 0 Å². The Morgan fingerprint density at radius 3 is 1.20 bits per heavy atom. The molecule has 0 saturated heterocycles. The van der Waals surface area contributed by atoms with E-state index in [1.54, 1.807) is 0 Å². The maximum atomic E-state index is 11.6. The molecule has 0 fully saturated rings. The highest BCUT2D eigenvalue weighted by molar-refractivity contribution is 6.90. The van der Waals surface area contributed by atoms with E-state index in [4.69, 9.17) is 0 Å². The van der Waals surface area contributed by atoms with Crippen LogP contribution in [-0.4, -0.2) is 26.4 Å². The SMILES string of the molecule is C[Si](C)(C)c1cc2ccccc2c(-c2c(O)c([Si](C)(C)C)cc3ccccc23)c1O. The van der Waals surface area contributed by atoms with Gasteiger partial charge in [0, 0.05) is 11.1 Å². The number of phenolic OH excluding ortho intramolecular Hbond substituents is 2. The average Bonchev–Trinajstić information content (AvgIpc) is 2.66. The van der Waals surface area contributed by atoms with Crippen molar-refractivity contribution in [2.75, 3.05) is 0 Å². The van der Waals surface area contributed by atoms with Crippen LogP contribution in [0.4, 0.5) is 0 Å². The molecule has 2 N–H and O–H groups in total. The van der Waals surface area contributed by atoms with Gasteiger partial charge in [0.05, 0.1) is 16.1 Å². The van der Waals surface area contributed by atoms with E-state index in [9.17, 15) is 10.2 Å². The molecule has 0 atom stereocenters. The van der Waals surface area contributed by atoms with E-state index in [1.165, 1.54) is 0 Å². The van der Waals surface area contributed by atoms with Crippen molar-refractivity contribution >= 4 is 48.1 Å². The molecular weight excluding hydrogens is 400 g/mol. The number of aromatic hydroxyl groups is 2. The third-order valence-electron chi connectivity index (χ3n) is 5.91. The second-order valence-corrected chi connectivity index (χ2v) is 20.3. The van der Waals surface area contributed by atoms with E-state index < -0.39 is 16.1 Å². The molecule has 0 heterocycles. The van der Waals surface area contributed by atoms with E-state index in [2.05, 4.69) is 63.5 Å². The number of hydrogen-bond acceptors (Lipinski definition) is 2. The largest absolute Gasteiger partial charge is 0.507 e. The minimum absolute atomic E-state index is 0.320. The zero-order chi connectivity index (χ0) is 21.8. The number of phenols is 2. The molecule has 0 radical (unpaired) electrons. The third kappa shape index (κ3) is 3.34. The van der Waals surface area contributed by atoms with Crippen LogP contribution in [0.5, 0.6) is 11.5 Å². The van der Waals surface area contributed by atoms with Crippen molar-refractivity contribution in [3.05, 3.63) is 60.7 Å². The quantitative estimate of drug-likeness (QED) is 0.382. The number of hydrogen-bond donors (Lipinski definition) is 2. The van der Waals surface area contributed by atoms with Crippen molar-refractivity contribution in [1.29, 1.82) is 0 Å². The molecule has 0 spiro atoms. The van der Waals surface area contributed by atoms with Crippen LogP contribution in [-0.2, 0) is 0 Å². The van der Waals surface area contributed by atoms with E-state index in [-0.39, 0.29) is 0 Å². The fourth-order valence-corrected chi connectivity index (χ4v) is 7.17. The summed E-state index contributed by atoms with van der Waals surface area (Å²) in [6.45, 7) is 13.5. The summed E-state index contributed by atoms with van der Waals surface area (Å²) in [5.74, 6) is 0.641. The first-order chi connectivity index (χ1) is 14.0. The summed E-state index contributed by atoms with van der Waals surface area (Å²) in [5, 5.41) is 29.4. The van der Waals surface area contributed by atoms with E-state index >= 15 is 0 Å². The van der Waals surface area contributed by atoms with Crippen LogP contribution < -0.4 is 10.4 Å². The summed E-state index contributed by atoms with van der Waals surface area (Å²) in [6, 6.07) is 20.7. The third-order valence-corrected chi connectivity index (χ3v) is 9.90. The van der Waals surface area contributed by atoms with Crippen molar-refractivity contribution in [3.63, 3.8) is 0 Å². The Balaban J connectivity index is 2.27. The normalized spacial score (nSPS) is 12.6. The smallest absolute Gasteiger partial charge is 0.123 e. The topological polar surface area (TPSA) is 40.5 Å². The molecule has 4 rings (SSSR count). The molecule has 0 aliphatic carbocycles. The fraction of sp³-hybridized carbons (Fsp3) is 0.231. The summed E-state index contributed by atoms with van der Waals surface area (Å²) >= 11 is 0. The minimum atomic E-state index is -1.82. The van der Waals surface area contributed by atoms with Gasteiger partial charge in [-0.2, -0.15) is 0 Å². The first-order valence-corrected chi connectivity index (χ1v) is 17.5. The van der Waals surface area contributed by atoms with Crippen molar-refractivity contribution < 1.29 is 10.2 Å². The molecule has 0 saturated carbocycles. The Kier molecular flexibility index (Phi) is 4.83. The van der Waals surface area contributed by atoms with Gasteiger partial charge < -0.3 is 10.2 Å². The minimum Gasteiger partial charge on any atom is -0.507 e. The van der Waals surface area contributed by atoms with Gasteiger partial charge in [-0.05, 0) is 31.9 Å². The summed E-state index contributed by atoms with van der Waals surface area (Å²) in [6.07, 6.45) is 0. The lowest BCUT2D eigenvalue weighted by atomic mass is 9.92. The lowest BCUT2D eigenvalue weighted by Crippen LogP contribution is -2.38. The highest BCUT2D eigenvalue weighted by Gasteiger charge is 2.29. The van der Waals surface area contributed by atoms with Gasteiger partial charge in [-0.1, -0.05) is 99.9 Å². The van der Waals surface area contributed by atoms with Gasteiger partial charge in [0.1, 0.15) is 11.5 Å². The predicted octanol–water partition coefficient (Wildman–Crippen LogP) is 6.16. The lowest BCUT2D eigenvalue weighted by Gasteiger charge is -2.26. The molecule has 0 aliphatic rings. The molecule has 0 bridgehead atoms. The molecule has 0 amide bonds. The highest BCUT2D eigenvalue weighted by atomic mass is 28.3. The van der Waals surface area contributed by atoms with E-state index in [0.717, 1.165) is 43.0 Å². The lowest BCUT2D eigenvalue weighted by molar-refractivity contribution is 0.474. The average molecular weight is 431 g/mol. The maximum absolute atomic E-state index is 11.6. The zero-order valence-electron chi connectivity index (χ0n) is 18.7. The molecule has 0 aliphatic heterocycles. The van der Waals surface area contributed by atoms with Crippen LogP contribution in [0, 0.1) is 0 Å². The molecule has 0 aromatic heterocycles. The first kappa shape index (κ1) is 20.7. The number of benzene rings is 4. The zero-order valence-corrected chi connectivity index (χ0v) is 20.7. The van der Waals surface area contributed by atoms with Crippen LogP contribution in [0.2, 0.25) is 39.3 Å². The van der Waals surface area contributed by atoms with Gasteiger partial charge in [-0.3, -0.25) is 0 Å². The summed E-state index contributed by atoms with van der Waals surface area (Å²) < 4.78 is 0. The Labute approximate surface area is 180 Å². The monoisotopic (exact) mass is 430 g/mol. The van der Waals surface area contributed by atoms with Crippen LogP contribution in [0.1, 0.15) is 0 Å². The summed E-state index contributed by atoms with van der Waals surface area (Å²) in [4.78, 5) is 0. The molecule has 4 aromatic carbocycles. The fourth-order valence-electron chi connectivity index (χ4n) is 4.32. The Morgan fingerprint density at radius 1 is 0.533 bits per heavy atom. The maximum Gasteiger partial charge on any atom is 0.123 e. The van der Waals surface area contributed by atoms with Gasteiger partial charge in [0.25, 0.3) is 0 Å². The summed E-state index contributed by atoms with van der Waals surface area (Å²) in [7, 11) is -3.63. The van der Waals surface area contributed by atoms with Gasteiger partial charge in [-0.25, -0.2) is 0 Å². The molecule has 30 heavy (non-hydrogen) atoms. The van der Waals surface area contributed by atoms with Crippen molar-refractivity contribution in [2.45, 2.75) is 39.3 Å². The van der Waals surface area contributed by atoms with Gasteiger partial charge in [-0.15, -0.1) is 0 Å². The molecule has 4 heteroatoms. The Morgan fingerprint density at radius 2 is 0.867 bits per heavy atom. The molecular formula is C26H30O2Si2. The molecule has 2 nitrogen and oxygen atoms in total. The van der Waals surface area contributed by atoms with Crippen molar-refractivity contribution in [1.82, 2.24) is 0 Å². The van der Waals surface area contributed by atoms with Crippen LogP contribution in [0.25, 0.3) is 32.7 Å². The first-order valence-electron chi connectivity index (χ1n) is 10.5. The Hall–Kier alpha value is -2.57.